The van der Waals surface area contributed by atoms with E-state index >= 15 is 0 Å². The predicted molar refractivity (Wildman–Crippen MR) is 114 cm³/mol. The molecule has 0 aliphatic carbocycles. The zero-order chi connectivity index (χ0) is 21.0. The van der Waals surface area contributed by atoms with Gasteiger partial charge in [-0.25, -0.2) is 8.42 Å². The Morgan fingerprint density at radius 3 is 2.24 bits per heavy atom. The Bertz CT molecular complexity index is 1130. The monoisotopic (exact) mass is 430 g/mol. The summed E-state index contributed by atoms with van der Waals surface area (Å²) in [5.41, 5.74) is 2.23. The predicted octanol–water partition coefficient (Wildman–Crippen LogP) is 4.71. The topological polar surface area (TPSA) is 84.5 Å². The molecule has 0 saturated carbocycles. The van der Waals surface area contributed by atoms with Crippen LogP contribution in [-0.4, -0.2) is 21.4 Å². The van der Waals surface area contributed by atoms with Gasteiger partial charge in [-0.2, -0.15) is 0 Å². The molecule has 29 heavy (non-hydrogen) atoms. The van der Waals surface area contributed by atoms with Crippen LogP contribution in [-0.2, 0) is 10.0 Å². The molecule has 0 saturated heterocycles. The quantitative estimate of drug-likeness (QED) is 0.593. The summed E-state index contributed by atoms with van der Waals surface area (Å²) in [5.74, 6) is 0.245. The fourth-order valence-corrected chi connectivity index (χ4v) is 3.81. The molecule has 0 aliphatic heterocycles. The minimum absolute atomic E-state index is 0.108. The highest BCUT2D eigenvalue weighted by Crippen LogP contribution is 2.22. The van der Waals surface area contributed by atoms with Crippen LogP contribution in [0.1, 0.15) is 15.9 Å². The van der Waals surface area contributed by atoms with Crippen molar-refractivity contribution in [1.29, 1.82) is 0 Å². The number of aryl methyl sites for hydroxylation is 1. The minimum Gasteiger partial charge on any atom is -0.497 e. The molecule has 1 amide bonds. The lowest BCUT2D eigenvalue weighted by Crippen LogP contribution is -2.14. The fraction of sp³-hybridized carbons (Fsp3) is 0.0952. The first-order valence-electron chi connectivity index (χ1n) is 8.63. The molecule has 6 nitrogen and oxygen atoms in total. The standard InChI is InChI=1S/C21H19ClN2O4S/c1-14-3-6-16(22)13-20(14)23-21(25)15-4-7-17(8-5-15)24-29(26,27)19-11-9-18(28-2)10-12-19/h3-13,24H,1-2H3,(H,23,25). The fourth-order valence-electron chi connectivity index (χ4n) is 2.58. The summed E-state index contributed by atoms with van der Waals surface area (Å²) in [6.45, 7) is 1.86. The molecule has 150 valence electrons. The van der Waals surface area contributed by atoms with E-state index in [2.05, 4.69) is 10.0 Å². The zero-order valence-electron chi connectivity index (χ0n) is 15.8. The second kappa shape index (κ2) is 8.55. The minimum atomic E-state index is -3.75. The van der Waals surface area contributed by atoms with Crippen LogP contribution in [0.3, 0.4) is 0 Å². The number of anilines is 2. The smallest absolute Gasteiger partial charge is 0.261 e. The van der Waals surface area contributed by atoms with Crippen molar-refractivity contribution in [3.63, 3.8) is 0 Å². The van der Waals surface area contributed by atoms with Crippen LogP contribution >= 0.6 is 11.6 Å². The number of hydrogen-bond acceptors (Lipinski definition) is 4. The largest absolute Gasteiger partial charge is 0.497 e. The van der Waals surface area contributed by atoms with Gasteiger partial charge in [-0.15, -0.1) is 0 Å². The molecule has 0 heterocycles. The average Bonchev–Trinajstić information content (AvgIpc) is 2.71. The van der Waals surface area contributed by atoms with Crippen molar-refractivity contribution in [2.24, 2.45) is 0 Å². The molecule has 0 spiro atoms. The van der Waals surface area contributed by atoms with Gasteiger partial charge in [0.15, 0.2) is 0 Å². The zero-order valence-corrected chi connectivity index (χ0v) is 17.3. The Morgan fingerprint density at radius 2 is 1.62 bits per heavy atom. The first-order chi connectivity index (χ1) is 13.8. The van der Waals surface area contributed by atoms with Crippen molar-refractivity contribution in [3.8, 4) is 5.75 Å². The number of sulfonamides is 1. The normalized spacial score (nSPS) is 11.0. The lowest BCUT2D eigenvalue weighted by atomic mass is 10.1. The second-order valence-electron chi connectivity index (χ2n) is 6.27. The van der Waals surface area contributed by atoms with Gasteiger partial charge in [-0.3, -0.25) is 9.52 Å². The van der Waals surface area contributed by atoms with E-state index in [1.807, 2.05) is 13.0 Å². The Labute approximate surface area is 174 Å². The van der Waals surface area contributed by atoms with Crippen LogP contribution < -0.4 is 14.8 Å². The Hall–Kier alpha value is -3.03. The molecule has 0 atom stereocenters. The first kappa shape index (κ1) is 20.7. The van der Waals surface area contributed by atoms with Gasteiger partial charge in [-0.1, -0.05) is 17.7 Å². The maximum absolute atomic E-state index is 12.5. The van der Waals surface area contributed by atoms with Gasteiger partial charge in [0.1, 0.15) is 5.75 Å². The van der Waals surface area contributed by atoms with Gasteiger partial charge in [0.05, 0.1) is 12.0 Å². The van der Waals surface area contributed by atoms with Crippen LogP contribution in [0.4, 0.5) is 11.4 Å². The Kier molecular flexibility index (Phi) is 6.10. The van der Waals surface area contributed by atoms with E-state index in [4.69, 9.17) is 16.3 Å². The van der Waals surface area contributed by atoms with Crippen LogP contribution in [0.25, 0.3) is 0 Å². The molecule has 0 fully saturated rings. The van der Waals surface area contributed by atoms with Gasteiger partial charge in [0, 0.05) is 22.0 Å². The number of benzene rings is 3. The SMILES string of the molecule is COc1ccc(S(=O)(=O)Nc2ccc(C(=O)Nc3cc(Cl)ccc3C)cc2)cc1. The molecule has 0 unspecified atom stereocenters. The van der Waals surface area contributed by atoms with E-state index in [1.54, 1.807) is 36.4 Å². The van der Waals surface area contributed by atoms with Crippen LogP contribution in [0, 0.1) is 6.92 Å². The average molecular weight is 431 g/mol. The summed E-state index contributed by atoms with van der Waals surface area (Å²) in [6.07, 6.45) is 0. The van der Waals surface area contributed by atoms with E-state index < -0.39 is 10.0 Å². The van der Waals surface area contributed by atoms with Gasteiger partial charge >= 0.3 is 0 Å². The van der Waals surface area contributed by atoms with Crippen molar-refractivity contribution < 1.29 is 17.9 Å². The molecule has 0 aromatic heterocycles. The van der Waals surface area contributed by atoms with E-state index in [0.29, 0.717) is 27.7 Å². The number of amides is 1. The summed E-state index contributed by atoms with van der Waals surface area (Å²) in [5, 5.41) is 3.32. The summed E-state index contributed by atoms with van der Waals surface area (Å²) < 4.78 is 32.5. The highest BCUT2D eigenvalue weighted by molar-refractivity contribution is 7.92. The van der Waals surface area contributed by atoms with Crippen LogP contribution in [0.15, 0.2) is 71.6 Å². The second-order valence-corrected chi connectivity index (χ2v) is 8.39. The number of halogens is 1. The lowest BCUT2D eigenvalue weighted by molar-refractivity contribution is 0.102. The highest BCUT2D eigenvalue weighted by atomic mass is 35.5. The number of nitrogens with one attached hydrogen (secondary N) is 2. The molecule has 8 heteroatoms. The molecule has 0 aliphatic rings. The molecule has 3 rings (SSSR count). The van der Waals surface area contributed by atoms with Gasteiger partial charge in [0.25, 0.3) is 15.9 Å². The molecule has 0 bridgehead atoms. The lowest BCUT2D eigenvalue weighted by Gasteiger charge is -2.11. The third kappa shape index (κ3) is 5.07. The molecule has 3 aromatic carbocycles. The summed E-state index contributed by atoms with van der Waals surface area (Å²) in [6, 6.07) is 17.4. The van der Waals surface area contributed by atoms with Crippen molar-refractivity contribution in [2.75, 3.05) is 17.1 Å². The first-order valence-corrected chi connectivity index (χ1v) is 10.5. The van der Waals surface area contributed by atoms with Crippen LogP contribution in [0.2, 0.25) is 5.02 Å². The maximum Gasteiger partial charge on any atom is 0.261 e. The van der Waals surface area contributed by atoms with Gasteiger partial charge in [-0.05, 0) is 73.2 Å². The Balaban J connectivity index is 1.72. The van der Waals surface area contributed by atoms with Gasteiger partial charge in [0.2, 0.25) is 0 Å². The molecule has 3 aromatic rings. The van der Waals surface area contributed by atoms with E-state index in [-0.39, 0.29) is 10.8 Å². The number of carbonyl (C=O) groups is 1. The Morgan fingerprint density at radius 1 is 0.966 bits per heavy atom. The van der Waals surface area contributed by atoms with E-state index in [0.717, 1.165) is 5.56 Å². The van der Waals surface area contributed by atoms with Crippen LogP contribution in [0.5, 0.6) is 5.75 Å². The highest BCUT2D eigenvalue weighted by Gasteiger charge is 2.15. The van der Waals surface area contributed by atoms with Gasteiger partial charge < -0.3 is 10.1 Å². The number of hydrogen-bond donors (Lipinski definition) is 2. The third-order valence-electron chi connectivity index (χ3n) is 4.22. The molecule has 2 N–H and O–H groups in total. The maximum atomic E-state index is 12.5. The summed E-state index contributed by atoms with van der Waals surface area (Å²) in [7, 11) is -2.24. The summed E-state index contributed by atoms with van der Waals surface area (Å²) in [4.78, 5) is 12.6. The molecular formula is C21H19ClN2O4S. The van der Waals surface area contributed by atoms with E-state index in [1.165, 1.54) is 31.4 Å². The van der Waals surface area contributed by atoms with E-state index in [9.17, 15) is 13.2 Å². The van der Waals surface area contributed by atoms with Crippen molar-refractivity contribution in [1.82, 2.24) is 0 Å². The van der Waals surface area contributed by atoms with Crippen molar-refractivity contribution in [3.05, 3.63) is 82.9 Å². The number of rotatable bonds is 6. The number of methoxy groups -OCH3 is 1. The number of ether oxygens (including phenoxy) is 1. The molecule has 0 radical (unpaired) electrons. The summed E-state index contributed by atoms with van der Waals surface area (Å²) >= 11 is 5.97. The van der Waals surface area contributed by atoms with Crippen molar-refractivity contribution in [2.45, 2.75) is 11.8 Å². The van der Waals surface area contributed by atoms with Crippen molar-refractivity contribution >= 4 is 38.9 Å². The molecular weight excluding hydrogens is 412 g/mol. The number of carbonyl (C=O) groups excluding carboxylic acids is 1. The third-order valence-corrected chi connectivity index (χ3v) is 5.85.